The Morgan fingerprint density at radius 1 is 0.831 bits per heavy atom. The van der Waals surface area contributed by atoms with Crippen molar-refractivity contribution >= 4 is 65.1 Å². The molecule has 0 bridgehead atoms. The second-order valence-corrected chi connectivity index (χ2v) is 14.9. The van der Waals surface area contributed by atoms with Gasteiger partial charge in [-0.1, -0.05) is 30.5 Å². The number of rotatable bonds is 23. The predicted octanol–water partition coefficient (Wildman–Crippen LogP) is 0.644. The first-order chi connectivity index (χ1) is 27.8. The number of imide groups is 1. The molecule has 4 N–H and O–H groups in total. The van der Waals surface area contributed by atoms with E-state index in [9.17, 15) is 68.1 Å². The van der Waals surface area contributed by atoms with E-state index in [2.05, 4.69) is 5.32 Å². The fourth-order valence-electron chi connectivity index (χ4n) is 6.83. The number of likely N-dealkylation sites (N-methyl/N-ethyl adjacent to an activating group) is 1. The van der Waals surface area contributed by atoms with Gasteiger partial charge in [0.2, 0.25) is 17.7 Å². The van der Waals surface area contributed by atoms with Gasteiger partial charge in [-0.2, -0.15) is 0 Å². The third-order valence-corrected chi connectivity index (χ3v) is 9.98. The molecule has 322 valence electrons. The highest BCUT2D eigenvalue weighted by atomic mass is 16.7. The Morgan fingerprint density at radius 3 is 2.08 bits per heavy atom. The fourth-order valence-corrected chi connectivity index (χ4v) is 6.83. The zero-order chi connectivity index (χ0) is 43.8. The van der Waals surface area contributed by atoms with Crippen molar-refractivity contribution in [2.45, 2.75) is 77.6 Å². The molecule has 0 radical (unpaired) electrons. The molecule has 59 heavy (non-hydrogen) atoms. The van der Waals surface area contributed by atoms with E-state index in [-0.39, 0.29) is 44.6 Å². The first-order valence-electron chi connectivity index (χ1n) is 19.2. The highest BCUT2D eigenvalue weighted by Gasteiger charge is 2.37. The SMILES string of the molecule is Cc1cccc(C(=O)NCCCC[C@@H](CC(=O)CN(CC(=O)O)C(=O)CN(C)C(=O)CN(CC(=O)O)C(=O)CC2CCCC(C(=O)ON3C(=O)CCC3=O)C2)C(=O)O)c1. The van der Waals surface area contributed by atoms with Gasteiger partial charge in [0.25, 0.3) is 17.7 Å². The molecule has 20 nitrogen and oxygen atoms in total. The molecular weight excluding hydrogens is 778 g/mol. The lowest BCUT2D eigenvalue weighted by atomic mass is 9.79. The van der Waals surface area contributed by atoms with Crippen LogP contribution >= 0.6 is 0 Å². The molecule has 0 spiro atoms. The summed E-state index contributed by atoms with van der Waals surface area (Å²) >= 11 is 0. The van der Waals surface area contributed by atoms with Crippen molar-refractivity contribution in [3.8, 4) is 0 Å². The second kappa shape index (κ2) is 22.7. The number of amides is 6. The van der Waals surface area contributed by atoms with Crippen LogP contribution in [-0.4, -0.2) is 147 Å². The monoisotopic (exact) mass is 829 g/mol. The quantitative estimate of drug-likeness (QED) is 0.0870. The maximum absolute atomic E-state index is 13.3. The summed E-state index contributed by atoms with van der Waals surface area (Å²) in [6.07, 6.45) is 1.40. The Morgan fingerprint density at radius 2 is 1.47 bits per heavy atom. The van der Waals surface area contributed by atoms with Crippen LogP contribution in [0.4, 0.5) is 0 Å². The van der Waals surface area contributed by atoms with Crippen molar-refractivity contribution in [2.75, 3.05) is 46.3 Å². The summed E-state index contributed by atoms with van der Waals surface area (Å²) < 4.78 is 0. The van der Waals surface area contributed by atoms with Crippen LogP contribution < -0.4 is 5.32 Å². The van der Waals surface area contributed by atoms with Crippen LogP contribution in [0.2, 0.25) is 0 Å². The van der Waals surface area contributed by atoms with Crippen molar-refractivity contribution in [1.29, 1.82) is 0 Å². The van der Waals surface area contributed by atoms with E-state index >= 15 is 0 Å². The van der Waals surface area contributed by atoms with Crippen LogP contribution in [0, 0.1) is 24.7 Å². The molecule has 1 heterocycles. The maximum atomic E-state index is 13.3. The molecule has 0 aromatic heterocycles. The van der Waals surface area contributed by atoms with E-state index in [1.807, 2.05) is 13.0 Å². The van der Waals surface area contributed by atoms with Crippen LogP contribution in [-0.2, 0) is 52.8 Å². The zero-order valence-electron chi connectivity index (χ0n) is 33.1. The summed E-state index contributed by atoms with van der Waals surface area (Å²) in [5, 5.41) is 31.8. The molecule has 1 aliphatic heterocycles. The molecule has 2 fully saturated rings. The highest BCUT2D eigenvalue weighted by molar-refractivity contribution is 6.01. The largest absolute Gasteiger partial charge is 0.481 e. The number of hydroxylamine groups is 2. The number of aliphatic carboxylic acids is 3. The average molecular weight is 830 g/mol. The van der Waals surface area contributed by atoms with Crippen molar-refractivity contribution in [2.24, 2.45) is 17.8 Å². The average Bonchev–Trinajstić information content (AvgIpc) is 3.48. The van der Waals surface area contributed by atoms with E-state index in [0.29, 0.717) is 47.6 Å². The molecule has 6 amide bonds. The topological polar surface area (TPSA) is 283 Å². The van der Waals surface area contributed by atoms with Gasteiger partial charge in [-0.3, -0.25) is 47.9 Å². The smallest absolute Gasteiger partial charge is 0.336 e. The highest BCUT2D eigenvalue weighted by Crippen LogP contribution is 2.33. The van der Waals surface area contributed by atoms with Crippen LogP contribution in [0.5, 0.6) is 0 Å². The predicted molar refractivity (Wildman–Crippen MR) is 201 cm³/mol. The molecule has 20 heteroatoms. The summed E-state index contributed by atoms with van der Waals surface area (Å²) in [6.45, 7) is -2.03. The van der Waals surface area contributed by atoms with E-state index in [1.165, 1.54) is 0 Å². The number of Topliss-reactive ketones (excluding diaryl/α,β-unsaturated/α-hetero) is 1. The summed E-state index contributed by atoms with van der Waals surface area (Å²) in [5.41, 5.74) is 1.39. The van der Waals surface area contributed by atoms with Gasteiger partial charge in [0, 0.05) is 44.8 Å². The minimum absolute atomic E-state index is 0.0635. The number of carboxylic acids is 3. The summed E-state index contributed by atoms with van der Waals surface area (Å²) in [7, 11) is 1.15. The number of unbranched alkanes of at least 4 members (excludes halogenated alkanes) is 1. The number of nitrogens with one attached hydrogen (secondary N) is 1. The molecule has 1 aromatic carbocycles. The van der Waals surface area contributed by atoms with Crippen LogP contribution in [0.15, 0.2) is 24.3 Å². The van der Waals surface area contributed by atoms with Gasteiger partial charge in [0.1, 0.15) is 19.6 Å². The Kier molecular flexibility index (Phi) is 18.1. The number of carbonyl (C=O) groups excluding carboxylic acids is 8. The van der Waals surface area contributed by atoms with Gasteiger partial charge in [0.05, 0.1) is 24.9 Å². The number of carboxylic acid groups (broad SMARTS) is 3. The van der Waals surface area contributed by atoms with Gasteiger partial charge in [0.15, 0.2) is 5.78 Å². The third-order valence-electron chi connectivity index (χ3n) is 9.98. The fraction of sp³-hybridized carbons (Fsp3) is 0.564. The number of hydrogen-bond donors (Lipinski definition) is 4. The molecule has 1 aliphatic carbocycles. The van der Waals surface area contributed by atoms with Crippen LogP contribution in [0.25, 0.3) is 0 Å². The second-order valence-electron chi connectivity index (χ2n) is 14.9. The van der Waals surface area contributed by atoms with Gasteiger partial charge in [-0.05, 0) is 57.1 Å². The Bertz CT molecular complexity index is 1780. The number of aryl methyl sites for hydroxylation is 1. The molecule has 1 saturated heterocycles. The van der Waals surface area contributed by atoms with Gasteiger partial charge < -0.3 is 40.2 Å². The van der Waals surface area contributed by atoms with E-state index < -0.39 is 116 Å². The van der Waals surface area contributed by atoms with Crippen molar-refractivity contribution < 1.29 is 72.9 Å². The van der Waals surface area contributed by atoms with Gasteiger partial charge in [-0.25, -0.2) is 4.79 Å². The normalized spacial score (nSPS) is 16.7. The van der Waals surface area contributed by atoms with Gasteiger partial charge in [-0.15, -0.1) is 5.06 Å². The first kappa shape index (κ1) is 47.2. The minimum atomic E-state index is -1.49. The maximum Gasteiger partial charge on any atom is 0.336 e. The van der Waals surface area contributed by atoms with E-state index in [4.69, 9.17) is 4.84 Å². The molecule has 3 atom stereocenters. The lowest BCUT2D eigenvalue weighted by Crippen LogP contribution is -2.49. The van der Waals surface area contributed by atoms with E-state index in [1.54, 1.807) is 18.2 Å². The Hall–Kier alpha value is -6.21. The molecule has 1 saturated carbocycles. The van der Waals surface area contributed by atoms with Crippen molar-refractivity contribution in [1.82, 2.24) is 25.1 Å². The van der Waals surface area contributed by atoms with E-state index in [0.717, 1.165) is 22.4 Å². The molecule has 1 aromatic rings. The summed E-state index contributed by atoms with van der Waals surface area (Å²) in [5.74, 6) is -12.2. The lowest BCUT2D eigenvalue weighted by molar-refractivity contribution is -0.201. The van der Waals surface area contributed by atoms with Crippen molar-refractivity contribution in [3.63, 3.8) is 0 Å². The number of ketones is 1. The van der Waals surface area contributed by atoms with Crippen LogP contribution in [0.1, 0.15) is 86.6 Å². The Labute approximate surface area is 339 Å². The Balaban J connectivity index is 1.52. The number of nitrogens with zero attached hydrogens (tertiary/aromatic N) is 4. The van der Waals surface area contributed by atoms with Gasteiger partial charge >= 0.3 is 23.9 Å². The summed E-state index contributed by atoms with van der Waals surface area (Å²) in [4.78, 5) is 144. The number of hydrogen-bond acceptors (Lipinski definition) is 12. The van der Waals surface area contributed by atoms with Crippen molar-refractivity contribution in [3.05, 3.63) is 35.4 Å². The molecule has 3 rings (SSSR count). The summed E-state index contributed by atoms with van der Waals surface area (Å²) in [6, 6.07) is 6.98. The lowest BCUT2D eigenvalue weighted by Gasteiger charge is -2.30. The number of carbonyl (C=O) groups is 11. The molecular formula is C39H51N5O15. The molecule has 2 aliphatic rings. The third kappa shape index (κ3) is 15.6. The first-order valence-corrected chi connectivity index (χ1v) is 19.2. The minimum Gasteiger partial charge on any atom is -0.481 e. The standard InChI is InChI=1S/C39H51N5O15/c1-24-7-5-10-26(15-24)37(55)40-14-4-3-9-27(38(56)57)18-29(45)19-42(22-35(51)52)34(50)20-41(2)33(49)21-43(23-36(53)54)32(48)17-25-8-6-11-28(16-25)39(58)59-44-30(46)12-13-31(44)47/h5,7,10,15,25,27-28H,3-4,6,8-9,11-14,16-23H2,1-2H3,(H,40,55)(H,51,52)(H,53,54)(H,56,57)/t25?,27-,28?/m0/s1. The van der Waals surface area contributed by atoms with Crippen LogP contribution in [0.3, 0.4) is 0 Å². The number of benzene rings is 1. The zero-order valence-corrected chi connectivity index (χ0v) is 33.1. The molecule has 2 unspecified atom stereocenters.